The van der Waals surface area contributed by atoms with Crippen LogP contribution in [0.5, 0.6) is 5.75 Å². The number of carbonyl (C=O) groups excluding carboxylic acids is 1. The highest BCUT2D eigenvalue weighted by Gasteiger charge is 1.99. The van der Waals surface area contributed by atoms with Gasteiger partial charge in [0.1, 0.15) is 12.4 Å². The van der Waals surface area contributed by atoms with Crippen molar-refractivity contribution in [1.29, 1.82) is 0 Å². The molecular formula is C24H38N2O2. The second kappa shape index (κ2) is 17.0. The summed E-state index contributed by atoms with van der Waals surface area (Å²) in [6.07, 6.45) is 18.0. The predicted octanol–water partition coefficient (Wildman–Crippen LogP) is 6.40. The van der Waals surface area contributed by atoms with Gasteiger partial charge in [-0.2, -0.15) is 5.10 Å². The van der Waals surface area contributed by atoms with Gasteiger partial charge >= 0.3 is 0 Å². The van der Waals surface area contributed by atoms with Gasteiger partial charge in [0, 0.05) is 6.42 Å². The van der Waals surface area contributed by atoms with E-state index in [1.54, 1.807) is 12.3 Å². The first kappa shape index (κ1) is 23.9. The predicted molar refractivity (Wildman–Crippen MR) is 119 cm³/mol. The number of nitrogens with zero attached hydrogens (tertiary/aromatic N) is 1. The first-order chi connectivity index (χ1) is 13.8. The highest BCUT2D eigenvalue weighted by atomic mass is 16.5. The van der Waals surface area contributed by atoms with Crippen molar-refractivity contribution in [3.05, 3.63) is 42.5 Å². The zero-order valence-electron chi connectivity index (χ0n) is 17.6. The second-order valence-corrected chi connectivity index (χ2v) is 7.25. The van der Waals surface area contributed by atoms with E-state index in [1.165, 1.54) is 57.8 Å². The van der Waals surface area contributed by atoms with E-state index in [9.17, 15) is 4.79 Å². The number of amides is 1. The van der Waals surface area contributed by atoms with Gasteiger partial charge in [0.25, 0.3) is 0 Å². The van der Waals surface area contributed by atoms with Crippen molar-refractivity contribution in [1.82, 2.24) is 5.43 Å². The number of benzene rings is 1. The lowest BCUT2D eigenvalue weighted by Gasteiger charge is -2.03. The molecule has 0 heterocycles. The minimum absolute atomic E-state index is 0.0156. The molecule has 1 aromatic rings. The van der Waals surface area contributed by atoms with E-state index < -0.39 is 0 Å². The van der Waals surface area contributed by atoms with Crippen LogP contribution in [0.2, 0.25) is 0 Å². The Bertz CT molecular complexity index is 552. The molecule has 0 fully saturated rings. The van der Waals surface area contributed by atoms with Crippen LogP contribution in [0.15, 0.2) is 42.0 Å². The van der Waals surface area contributed by atoms with Gasteiger partial charge in [-0.3, -0.25) is 4.79 Å². The van der Waals surface area contributed by atoms with Gasteiger partial charge in [-0.25, -0.2) is 5.43 Å². The maximum absolute atomic E-state index is 11.8. The molecule has 1 N–H and O–H groups in total. The molecule has 0 aliphatic heterocycles. The summed E-state index contributed by atoms with van der Waals surface area (Å²) in [6, 6.07) is 7.55. The lowest BCUT2D eigenvalue weighted by molar-refractivity contribution is -0.121. The number of unbranched alkanes of at least 4 members (excludes halogenated alkanes) is 10. The molecule has 1 aromatic carbocycles. The van der Waals surface area contributed by atoms with Crippen LogP contribution in [0.3, 0.4) is 0 Å². The molecule has 0 aliphatic carbocycles. The molecule has 1 amide bonds. The SMILES string of the molecule is C=CCOc1ccc(/C=N/NC(=O)CCCCCCCCCCCCC)cc1. The molecule has 0 aliphatic rings. The number of rotatable bonds is 17. The Morgan fingerprint density at radius 2 is 1.54 bits per heavy atom. The lowest BCUT2D eigenvalue weighted by atomic mass is 10.1. The first-order valence-corrected chi connectivity index (χ1v) is 10.9. The second-order valence-electron chi connectivity index (χ2n) is 7.25. The van der Waals surface area contributed by atoms with E-state index in [2.05, 4.69) is 24.0 Å². The van der Waals surface area contributed by atoms with Crippen molar-refractivity contribution in [2.45, 2.75) is 84.0 Å². The zero-order valence-corrected chi connectivity index (χ0v) is 17.6. The van der Waals surface area contributed by atoms with Gasteiger partial charge in [0.05, 0.1) is 6.21 Å². The van der Waals surface area contributed by atoms with E-state index in [-0.39, 0.29) is 5.91 Å². The highest BCUT2D eigenvalue weighted by Crippen LogP contribution is 2.12. The number of hydrogen-bond donors (Lipinski definition) is 1. The summed E-state index contributed by atoms with van der Waals surface area (Å²) in [6.45, 7) is 6.36. The largest absolute Gasteiger partial charge is 0.490 e. The molecule has 4 heteroatoms. The standard InChI is InChI=1S/C24H38N2O2/c1-3-5-6-7-8-9-10-11-12-13-14-15-24(27)26-25-21-22-16-18-23(19-17-22)28-20-4-2/h4,16-19,21H,2-3,5-15,20H2,1H3,(H,26,27)/b25-21+. The lowest BCUT2D eigenvalue weighted by Crippen LogP contribution is -2.16. The van der Waals surface area contributed by atoms with Crippen LogP contribution in [-0.2, 0) is 4.79 Å². The molecule has 0 saturated heterocycles. The number of ether oxygens (including phenoxy) is 1. The third kappa shape index (κ3) is 13.1. The summed E-state index contributed by atoms with van der Waals surface area (Å²) in [4.78, 5) is 11.8. The Kier molecular flexibility index (Phi) is 14.6. The van der Waals surface area contributed by atoms with Crippen LogP contribution >= 0.6 is 0 Å². The van der Waals surface area contributed by atoms with Crippen molar-refractivity contribution in [2.24, 2.45) is 5.10 Å². The Morgan fingerprint density at radius 1 is 0.964 bits per heavy atom. The number of hydrogen-bond acceptors (Lipinski definition) is 3. The summed E-state index contributed by atoms with van der Waals surface area (Å²) >= 11 is 0. The maximum Gasteiger partial charge on any atom is 0.240 e. The smallest absolute Gasteiger partial charge is 0.240 e. The van der Waals surface area contributed by atoms with Gasteiger partial charge in [0.2, 0.25) is 5.91 Å². The van der Waals surface area contributed by atoms with Crippen molar-refractivity contribution in [2.75, 3.05) is 6.61 Å². The topological polar surface area (TPSA) is 50.7 Å². The maximum atomic E-state index is 11.8. The van der Waals surface area contributed by atoms with Crippen LogP contribution in [0, 0.1) is 0 Å². The Balaban J connectivity index is 2.00. The van der Waals surface area contributed by atoms with Gasteiger partial charge in [-0.05, 0) is 36.2 Å². The molecule has 0 radical (unpaired) electrons. The van der Waals surface area contributed by atoms with Crippen molar-refractivity contribution in [3.8, 4) is 5.75 Å². The fourth-order valence-electron chi connectivity index (χ4n) is 2.99. The van der Waals surface area contributed by atoms with Crippen LogP contribution in [0.4, 0.5) is 0 Å². The summed E-state index contributed by atoms with van der Waals surface area (Å²) in [5.74, 6) is 0.774. The van der Waals surface area contributed by atoms with Crippen LogP contribution < -0.4 is 10.2 Å². The molecule has 4 nitrogen and oxygen atoms in total. The summed E-state index contributed by atoms with van der Waals surface area (Å²) < 4.78 is 5.43. The minimum atomic E-state index is -0.0156. The average Bonchev–Trinajstić information content (AvgIpc) is 2.71. The van der Waals surface area contributed by atoms with Crippen molar-refractivity contribution in [3.63, 3.8) is 0 Å². The Hall–Kier alpha value is -2.10. The summed E-state index contributed by atoms with van der Waals surface area (Å²) in [5.41, 5.74) is 3.52. The Labute approximate surface area is 171 Å². The van der Waals surface area contributed by atoms with Crippen molar-refractivity contribution < 1.29 is 9.53 Å². The van der Waals surface area contributed by atoms with Gasteiger partial charge in [-0.1, -0.05) is 83.8 Å². The molecule has 156 valence electrons. The van der Waals surface area contributed by atoms with E-state index >= 15 is 0 Å². The molecule has 0 aromatic heterocycles. The molecule has 1 rings (SSSR count). The average molecular weight is 387 g/mol. The minimum Gasteiger partial charge on any atom is -0.490 e. The fraction of sp³-hybridized carbons (Fsp3) is 0.583. The number of hydrazone groups is 1. The molecular weight excluding hydrogens is 348 g/mol. The normalized spacial score (nSPS) is 10.9. The van der Waals surface area contributed by atoms with Crippen LogP contribution in [0.25, 0.3) is 0 Å². The highest BCUT2D eigenvalue weighted by molar-refractivity contribution is 5.82. The molecule has 0 atom stereocenters. The van der Waals surface area contributed by atoms with E-state index in [1.807, 2.05) is 24.3 Å². The molecule has 28 heavy (non-hydrogen) atoms. The quantitative estimate of drug-likeness (QED) is 0.146. The molecule has 0 unspecified atom stereocenters. The third-order valence-corrected chi connectivity index (χ3v) is 4.66. The van der Waals surface area contributed by atoms with Gasteiger partial charge < -0.3 is 4.74 Å². The van der Waals surface area contributed by atoms with Gasteiger partial charge in [0.15, 0.2) is 0 Å². The summed E-state index contributed by atoms with van der Waals surface area (Å²) in [5, 5.41) is 4.02. The zero-order chi connectivity index (χ0) is 20.3. The fourth-order valence-corrected chi connectivity index (χ4v) is 2.99. The molecule has 0 bridgehead atoms. The Morgan fingerprint density at radius 3 is 2.11 bits per heavy atom. The van der Waals surface area contributed by atoms with Gasteiger partial charge in [-0.15, -0.1) is 0 Å². The van der Waals surface area contributed by atoms with E-state index in [4.69, 9.17) is 4.74 Å². The molecule has 0 saturated carbocycles. The van der Waals surface area contributed by atoms with Crippen LogP contribution in [-0.4, -0.2) is 18.7 Å². The summed E-state index contributed by atoms with van der Waals surface area (Å²) in [7, 11) is 0. The number of carbonyl (C=O) groups is 1. The van der Waals surface area contributed by atoms with E-state index in [0.717, 1.165) is 24.2 Å². The number of nitrogens with one attached hydrogen (secondary N) is 1. The third-order valence-electron chi connectivity index (χ3n) is 4.66. The molecule has 0 spiro atoms. The first-order valence-electron chi connectivity index (χ1n) is 10.9. The monoisotopic (exact) mass is 386 g/mol. The van der Waals surface area contributed by atoms with E-state index in [0.29, 0.717) is 13.0 Å². The van der Waals surface area contributed by atoms with Crippen molar-refractivity contribution >= 4 is 12.1 Å². The van der Waals surface area contributed by atoms with Crippen LogP contribution in [0.1, 0.15) is 89.5 Å².